The Morgan fingerprint density at radius 3 is 2.22 bits per heavy atom. The number of carbonyl (C=O) groups excluding carboxylic acids is 2. The normalized spacial score (nSPS) is 13.8. The van der Waals surface area contributed by atoms with Crippen molar-refractivity contribution in [2.45, 2.75) is 26.9 Å². The molecule has 1 aliphatic heterocycles. The van der Waals surface area contributed by atoms with Gasteiger partial charge in [0.25, 0.3) is 11.8 Å². The van der Waals surface area contributed by atoms with E-state index >= 15 is 0 Å². The second-order valence-electron chi connectivity index (χ2n) is 8.15. The van der Waals surface area contributed by atoms with E-state index in [0.717, 1.165) is 27.8 Å². The van der Waals surface area contributed by atoms with Crippen molar-refractivity contribution in [3.63, 3.8) is 0 Å². The van der Waals surface area contributed by atoms with Gasteiger partial charge < -0.3 is 4.90 Å². The van der Waals surface area contributed by atoms with Crippen LogP contribution in [0.1, 0.15) is 27.8 Å². The second-order valence-corrected chi connectivity index (χ2v) is 8.56. The molecule has 3 aromatic carbocycles. The van der Waals surface area contributed by atoms with Gasteiger partial charge in [0.2, 0.25) is 0 Å². The molecular formula is C27H25ClN2O2. The van der Waals surface area contributed by atoms with Crippen LogP contribution in [0.25, 0.3) is 5.57 Å². The van der Waals surface area contributed by atoms with Gasteiger partial charge in [0.05, 0.1) is 12.1 Å². The van der Waals surface area contributed by atoms with Crippen LogP contribution >= 0.6 is 11.6 Å². The van der Waals surface area contributed by atoms with Gasteiger partial charge in [0.15, 0.2) is 0 Å². The zero-order valence-electron chi connectivity index (χ0n) is 18.4. The van der Waals surface area contributed by atoms with Crippen molar-refractivity contribution in [3.05, 3.63) is 111 Å². The van der Waals surface area contributed by atoms with E-state index in [0.29, 0.717) is 22.8 Å². The van der Waals surface area contributed by atoms with Gasteiger partial charge in [-0.2, -0.15) is 0 Å². The first-order valence-electron chi connectivity index (χ1n) is 10.5. The molecule has 162 valence electrons. The average Bonchev–Trinajstić information content (AvgIpc) is 3.02. The molecule has 0 unspecified atom stereocenters. The summed E-state index contributed by atoms with van der Waals surface area (Å²) in [5.41, 5.74) is 5.61. The second kappa shape index (κ2) is 9.01. The number of hydrogen-bond acceptors (Lipinski definition) is 3. The summed E-state index contributed by atoms with van der Waals surface area (Å²) < 4.78 is 0. The van der Waals surface area contributed by atoms with Crippen molar-refractivity contribution in [3.8, 4) is 0 Å². The third-order valence-corrected chi connectivity index (χ3v) is 6.24. The van der Waals surface area contributed by atoms with Crippen molar-refractivity contribution < 1.29 is 9.59 Å². The van der Waals surface area contributed by atoms with Gasteiger partial charge in [-0.15, -0.1) is 0 Å². The number of amides is 2. The summed E-state index contributed by atoms with van der Waals surface area (Å²) in [4.78, 5) is 30.3. The topological polar surface area (TPSA) is 40.6 Å². The maximum atomic E-state index is 13.6. The SMILES string of the molecule is Cc1ccc(C2=C(N(C)Cc3ccccc3)C(=O)N(Cc3ccccc3Cl)C2=O)cc1C. The smallest absolute Gasteiger partial charge is 0.278 e. The standard InChI is InChI=1S/C27H25ClN2O2/c1-18-13-14-21(15-19(18)2)24-25(29(3)16-20-9-5-4-6-10-20)27(32)30(26(24)31)17-22-11-7-8-12-23(22)28/h4-15H,16-17H2,1-3H3. The van der Waals surface area contributed by atoms with Crippen molar-refractivity contribution in [2.24, 2.45) is 0 Å². The molecule has 4 nitrogen and oxygen atoms in total. The van der Waals surface area contributed by atoms with E-state index in [1.807, 2.05) is 92.5 Å². The summed E-state index contributed by atoms with van der Waals surface area (Å²) >= 11 is 6.32. The zero-order valence-corrected chi connectivity index (χ0v) is 19.2. The molecule has 0 aromatic heterocycles. The summed E-state index contributed by atoms with van der Waals surface area (Å²) in [6.07, 6.45) is 0. The molecule has 1 heterocycles. The minimum Gasteiger partial charge on any atom is -0.365 e. The maximum absolute atomic E-state index is 13.6. The number of likely N-dealkylation sites (N-methyl/N-ethyl adjacent to an activating group) is 1. The molecule has 0 bridgehead atoms. The van der Waals surface area contributed by atoms with Crippen LogP contribution in [0.3, 0.4) is 0 Å². The summed E-state index contributed by atoms with van der Waals surface area (Å²) in [7, 11) is 1.85. The molecule has 5 heteroatoms. The Bertz CT molecular complexity index is 1220. The number of aryl methyl sites for hydroxylation is 2. The molecule has 0 saturated heterocycles. The quantitative estimate of drug-likeness (QED) is 0.480. The van der Waals surface area contributed by atoms with Gasteiger partial charge in [-0.1, -0.05) is 78.3 Å². The van der Waals surface area contributed by atoms with Crippen molar-refractivity contribution in [1.29, 1.82) is 0 Å². The fraction of sp³-hybridized carbons (Fsp3) is 0.185. The number of hydrogen-bond donors (Lipinski definition) is 0. The van der Waals surface area contributed by atoms with Gasteiger partial charge in [-0.25, -0.2) is 0 Å². The average molecular weight is 445 g/mol. The third-order valence-electron chi connectivity index (χ3n) is 5.87. The van der Waals surface area contributed by atoms with Gasteiger partial charge in [-0.3, -0.25) is 14.5 Å². The first kappa shape index (κ1) is 21.8. The number of nitrogens with zero attached hydrogens (tertiary/aromatic N) is 2. The molecule has 0 saturated carbocycles. The van der Waals surface area contributed by atoms with Gasteiger partial charge in [-0.05, 0) is 47.7 Å². The predicted octanol–water partition coefficient (Wildman–Crippen LogP) is 5.37. The Morgan fingerprint density at radius 2 is 1.53 bits per heavy atom. The van der Waals surface area contributed by atoms with E-state index < -0.39 is 0 Å². The number of rotatable bonds is 6. The molecule has 3 aromatic rings. The molecule has 4 rings (SSSR count). The molecule has 0 radical (unpaired) electrons. The van der Waals surface area contributed by atoms with Gasteiger partial charge in [0, 0.05) is 18.6 Å². The van der Waals surface area contributed by atoms with Crippen molar-refractivity contribution >= 4 is 29.0 Å². The third kappa shape index (κ3) is 4.19. The Kier molecular flexibility index (Phi) is 6.15. The van der Waals surface area contributed by atoms with Crippen LogP contribution in [0.15, 0.2) is 78.5 Å². The molecule has 2 amide bonds. The summed E-state index contributed by atoms with van der Waals surface area (Å²) in [5, 5.41) is 0.534. The summed E-state index contributed by atoms with van der Waals surface area (Å²) in [5.74, 6) is -0.602. The molecule has 32 heavy (non-hydrogen) atoms. The lowest BCUT2D eigenvalue weighted by molar-refractivity contribution is -0.138. The molecule has 0 aliphatic carbocycles. The van der Waals surface area contributed by atoms with Crippen LogP contribution in [0.5, 0.6) is 0 Å². The monoisotopic (exact) mass is 444 g/mol. The van der Waals surface area contributed by atoms with Crippen LogP contribution in [-0.2, 0) is 22.7 Å². The van der Waals surface area contributed by atoms with E-state index in [9.17, 15) is 9.59 Å². The first-order chi connectivity index (χ1) is 15.4. The number of benzene rings is 3. The highest BCUT2D eigenvalue weighted by atomic mass is 35.5. The van der Waals surface area contributed by atoms with E-state index in [2.05, 4.69) is 0 Å². The fourth-order valence-corrected chi connectivity index (χ4v) is 4.15. The highest BCUT2D eigenvalue weighted by molar-refractivity contribution is 6.35. The van der Waals surface area contributed by atoms with Gasteiger partial charge >= 0.3 is 0 Å². The van der Waals surface area contributed by atoms with Crippen LogP contribution in [0, 0.1) is 13.8 Å². The summed E-state index contributed by atoms with van der Waals surface area (Å²) in [6, 6.07) is 23.1. The molecule has 0 fully saturated rings. The van der Waals surface area contributed by atoms with Crippen LogP contribution in [0.4, 0.5) is 0 Å². The Hall–Kier alpha value is -3.37. The van der Waals surface area contributed by atoms with Crippen molar-refractivity contribution in [1.82, 2.24) is 9.80 Å². The number of carbonyl (C=O) groups is 2. The fourth-order valence-electron chi connectivity index (χ4n) is 3.95. The predicted molar refractivity (Wildman–Crippen MR) is 128 cm³/mol. The van der Waals surface area contributed by atoms with Crippen LogP contribution in [-0.4, -0.2) is 28.7 Å². The van der Waals surface area contributed by atoms with E-state index in [1.54, 1.807) is 6.07 Å². The molecule has 0 N–H and O–H groups in total. The van der Waals surface area contributed by atoms with Gasteiger partial charge in [0.1, 0.15) is 5.70 Å². The highest BCUT2D eigenvalue weighted by Gasteiger charge is 2.41. The molecule has 1 aliphatic rings. The van der Waals surface area contributed by atoms with E-state index in [1.165, 1.54) is 4.90 Å². The minimum absolute atomic E-state index is 0.133. The lowest BCUT2D eigenvalue weighted by Gasteiger charge is -2.22. The molecule has 0 spiro atoms. The first-order valence-corrected chi connectivity index (χ1v) is 10.9. The largest absolute Gasteiger partial charge is 0.365 e. The molecular weight excluding hydrogens is 420 g/mol. The lowest BCUT2D eigenvalue weighted by Crippen LogP contribution is -2.33. The van der Waals surface area contributed by atoms with Crippen LogP contribution < -0.4 is 0 Å². The Balaban J connectivity index is 1.76. The van der Waals surface area contributed by atoms with E-state index in [4.69, 9.17) is 11.6 Å². The van der Waals surface area contributed by atoms with E-state index in [-0.39, 0.29) is 18.4 Å². The summed E-state index contributed by atoms with van der Waals surface area (Å²) in [6.45, 7) is 4.69. The van der Waals surface area contributed by atoms with Crippen molar-refractivity contribution in [2.75, 3.05) is 7.05 Å². The van der Waals surface area contributed by atoms with Crippen LogP contribution in [0.2, 0.25) is 5.02 Å². The minimum atomic E-state index is -0.304. The zero-order chi connectivity index (χ0) is 22.8. The Morgan fingerprint density at radius 1 is 0.844 bits per heavy atom. The maximum Gasteiger partial charge on any atom is 0.278 e. The highest BCUT2D eigenvalue weighted by Crippen LogP contribution is 2.34. The lowest BCUT2D eigenvalue weighted by atomic mass is 9.99. The Labute approximate surface area is 193 Å². The number of imide groups is 1. The number of halogens is 1. The molecule has 0 atom stereocenters.